The SMILES string of the molecule is CC[C@H](COC(=O)C(O)c1ccccc1)NCc1ccc(Cl)cc1. The maximum absolute atomic E-state index is 12.0. The molecule has 0 bridgehead atoms. The molecule has 0 aliphatic carbocycles. The predicted molar refractivity (Wildman–Crippen MR) is 94.7 cm³/mol. The van der Waals surface area contributed by atoms with Crippen LogP contribution >= 0.6 is 11.6 Å². The van der Waals surface area contributed by atoms with Crippen LogP contribution in [-0.2, 0) is 16.1 Å². The molecule has 0 heterocycles. The van der Waals surface area contributed by atoms with Crippen LogP contribution in [0, 0.1) is 0 Å². The Labute approximate surface area is 147 Å². The fraction of sp³-hybridized carbons (Fsp3) is 0.316. The van der Waals surface area contributed by atoms with Crippen molar-refractivity contribution >= 4 is 17.6 Å². The van der Waals surface area contributed by atoms with Crippen LogP contribution < -0.4 is 5.32 Å². The number of carbonyl (C=O) groups excluding carboxylic acids is 1. The number of ether oxygens (including phenoxy) is 1. The molecule has 0 saturated heterocycles. The topological polar surface area (TPSA) is 58.6 Å². The summed E-state index contributed by atoms with van der Waals surface area (Å²) in [5, 5.41) is 14.0. The number of nitrogens with one attached hydrogen (secondary N) is 1. The van der Waals surface area contributed by atoms with Crippen LogP contribution in [0.3, 0.4) is 0 Å². The molecule has 0 aliphatic heterocycles. The lowest BCUT2D eigenvalue weighted by Gasteiger charge is -2.18. The van der Waals surface area contributed by atoms with Crippen molar-refractivity contribution in [1.82, 2.24) is 5.32 Å². The normalized spacial score (nSPS) is 13.3. The average Bonchev–Trinajstić information content (AvgIpc) is 2.63. The lowest BCUT2D eigenvalue weighted by molar-refractivity contribution is -0.154. The summed E-state index contributed by atoms with van der Waals surface area (Å²) in [6.45, 7) is 2.89. The Hall–Kier alpha value is -1.88. The van der Waals surface area contributed by atoms with E-state index in [0.29, 0.717) is 17.1 Å². The van der Waals surface area contributed by atoms with Crippen LogP contribution in [0.5, 0.6) is 0 Å². The highest BCUT2D eigenvalue weighted by atomic mass is 35.5. The lowest BCUT2D eigenvalue weighted by atomic mass is 10.1. The van der Waals surface area contributed by atoms with Crippen molar-refractivity contribution in [3.8, 4) is 0 Å². The molecule has 0 spiro atoms. The first-order chi connectivity index (χ1) is 11.6. The molecular weight excluding hydrogens is 326 g/mol. The van der Waals surface area contributed by atoms with Gasteiger partial charge in [-0.3, -0.25) is 0 Å². The number of rotatable bonds is 8. The highest BCUT2D eigenvalue weighted by Gasteiger charge is 2.19. The van der Waals surface area contributed by atoms with Crippen molar-refractivity contribution in [1.29, 1.82) is 0 Å². The number of halogens is 1. The highest BCUT2D eigenvalue weighted by Crippen LogP contribution is 2.14. The minimum Gasteiger partial charge on any atom is -0.462 e. The zero-order valence-corrected chi connectivity index (χ0v) is 14.4. The Kier molecular flexibility index (Phi) is 7.25. The molecule has 2 aromatic rings. The van der Waals surface area contributed by atoms with E-state index in [1.165, 1.54) is 0 Å². The predicted octanol–water partition coefficient (Wildman–Crippen LogP) is 3.49. The van der Waals surface area contributed by atoms with Gasteiger partial charge in [0, 0.05) is 17.6 Å². The van der Waals surface area contributed by atoms with Crippen LogP contribution in [0.1, 0.15) is 30.6 Å². The van der Waals surface area contributed by atoms with Gasteiger partial charge in [0.05, 0.1) is 0 Å². The first-order valence-corrected chi connectivity index (χ1v) is 8.35. The number of carbonyl (C=O) groups is 1. The molecule has 0 aromatic heterocycles. The average molecular weight is 348 g/mol. The molecule has 4 nitrogen and oxygen atoms in total. The van der Waals surface area contributed by atoms with Crippen molar-refractivity contribution in [3.63, 3.8) is 0 Å². The number of aliphatic hydroxyl groups excluding tert-OH is 1. The van der Waals surface area contributed by atoms with Gasteiger partial charge in [-0.05, 0) is 29.7 Å². The summed E-state index contributed by atoms with van der Waals surface area (Å²) in [6.07, 6.45) is -0.442. The van der Waals surface area contributed by atoms with Crippen LogP contribution in [0.4, 0.5) is 0 Å². The van der Waals surface area contributed by atoms with Gasteiger partial charge in [-0.2, -0.15) is 0 Å². The van der Waals surface area contributed by atoms with Crippen molar-refractivity contribution in [2.45, 2.75) is 32.0 Å². The van der Waals surface area contributed by atoms with Crippen LogP contribution in [0.15, 0.2) is 54.6 Å². The molecule has 2 atom stereocenters. The minimum atomic E-state index is -1.25. The third-order valence-corrected chi connectivity index (χ3v) is 4.02. The Morgan fingerprint density at radius 1 is 1.17 bits per heavy atom. The maximum Gasteiger partial charge on any atom is 0.339 e. The number of benzene rings is 2. The molecule has 24 heavy (non-hydrogen) atoms. The molecule has 0 amide bonds. The van der Waals surface area contributed by atoms with E-state index >= 15 is 0 Å². The molecule has 1 unspecified atom stereocenters. The quantitative estimate of drug-likeness (QED) is 0.718. The van der Waals surface area contributed by atoms with Crippen LogP contribution in [0.2, 0.25) is 5.02 Å². The molecule has 0 saturated carbocycles. The molecule has 0 fully saturated rings. The molecule has 2 aromatic carbocycles. The zero-order valence-electron chi connectivity index (χ0n) is 13.6. The molecule has 0 aliphatic rings. The van der Waals surface area contributed by atoms with Crippen LogP contribution in [-0.4, -0.2) is 23.7 Å². The molecular formula is C19H22ClNO3. The second kappa shape index (κ2) is 9.42. The largest absolute Gasteiger partial charge is 0.462 e. The third-order valence-electron chi connectivity index (χ3n) is 3.77. The smallest absolute Gasteiger partial charge is 0.339 e. The molecule has 2 N–H and O–H groups in total. The van der Waals surface area contributed by atoms with Crippen molar-refractivity contribution in [2.75, 3.05) is 6.61 Å². The highest BCUT2D eigenvalue weighted by molar-refractivity contribution is 6.30. The summed E-state index contributed by atoms with van der Waals surface area (Å²) < 4.78 is 5.25. The van der Waals surface area contributed by atoms with E-state index in [2.05, 4.69) is 5.32 Å². The second-order valence-corrected chi connectivity index (χ2v) is 5.99. The van der Waals surface area contributed by atoms with Gasteiger partial charge in [0.15, 0.2) is 6.10 Å². The lowest BCUT2D eigenvalue weighted by Crippen LogP contribution is -2.34. The Morgan fingerprint density at radius 2 is 1.83 bits per heavy atom. The van der Waals surface area contributed by atoms with E-state index in [-0.39, 0.29) is 12.6 Å². The van der Waals surface area contributed by atoms with E-state index in [4.69, 9.17) is 16.3 Å². The fourth-order valence-electron chi connectivity index (χ4n) is 2.22. The summed E-state index contributed by atoms with van der Waals surface area (Å²) in [7, 11) is 0. The van der Waals surface area contributed by atoms with Crippen molar-refractivity contribution in [2.24, 2.45) is 0 Å². The van der Waals surface area contributed by atoms with Gasteiger partial charge in [0.1, 0.15) is 6.61 Å². The van der Waals surface area contributed by atoms with Gasteiger partial charge < -0.3 is 15.2 Å². The van der Waals surface area contributed by atoms with E-state index in [1.807, 2.05) is 37.3 Å². The van der Waals surface area contributed by atoms with E-state index < -0.39 is 12.1 Å². The maximum atomic E-state index is 12.0. The molecule has 5 heteroatoms. The first-order valence-electron chi connectivity index (χ1n) is 7.97. The van der Waals surface area contributed by atoms with Gasteiger partial charge in [-0.25, -0.2) is 4.79 Å². The fourth-order valence-corrected chi connectivity index (χ4v) is 2.34. The Bertz CT molecular complexity index is 631. The number of hydrogen-bond acceptors (Lipinski definition) is 4. The van der Waals surface area contributed by atoms with Crippen LogP contribution in [0.25, 0.3) is 0 Å². The number of esters is 1. The van der Waals surface area contributed by atoms with Gasteiger partial charge in [0.2, 0.25) is 0 Å². The number of aliphatic hydroxyl groups is 1. The van der Waals surface area contributed by atoms with Gasteiger partial charge >= 0.3 is 5.97 Å². The Balaban J connectivity index is 1.80. The van der Waals surface area contributed by atoms with Gasteiger partial charge in [-0.15, -0.1) is 0 Å². The second-order valence-electron chi connectivity index (χ2n) is 5.56. The standard InChI is InChI=1S/C19H22ClNO3/c1-2-17(21-12-14-8-10-16(20)11-9-14)13-24-19(23)18(22)15-6-4-3-5-7-15/h3-11,17-18,21-22H,2,12-13H2,1H3/t17-,18?/m1/s1. The summed E-state index contributed by atoms with van der Waals surface area (Å²) >= 11 is 5.86. The summed E-state index contributed by atoms with van der Waals surface area (Å²) in [4.78, 5) is 12.0. The molecule has 0 radical (unpaired) electrons. The summed E-state index contributed by atoms with van der Waals surface area (Å²) in [5.74, 6) is -0.632. The van der Waals surface area contributed by atoms with Gasteiger partial charge in [0.25, 0.3) is 0 Å². The zero-order chi connectivity index (χ0) is 17.4. The van der Waals surface area contributed by atoms with E-state index in [9.17, 15) is 9.90 Å². The molecule has 2 rings (SSSR count). The van der Waals surface area contributed by atoms with Gasteiger partial charge in [-0.1, -0.05) is 61.0 Å². The van der Waals surface area contributed by atoms with Crippen molar-refractivity contribution in [3.05, 3.63) is 70.7 Å². The third kappa shape index (κ3) is 5.64. The van der Waals surface area contributed by atoms with E-state index in [0.717, 1.165) is 12.0 Å². The van der Waals surface area contributed by atoms with Crippen molar-refractivity contribution < 1.29 is 14.6 Å². The summed E-state index contributed by atoms with van der Waals surface area (Å²) in [6, 6.07) is 16.4. The monoisotopic (exact) mass is 347 g/mol. The number of hydrogen-bond donors (Lipinski definition) is 2. The van der Waals surface area contributed by atoms with E-state index in [1.54, 1.807) is 24.3 Å². The Morgan fingerprint density at radius 3 is 2.46 bits per heavy atom. The first kappa shape index (κ1) is 18.5. The summed E-state index contributed by atoms with van der Waals surface area (Å²) in [5.41, 5.74) is 1.64. The molecule has 128 valence electrons. The minimum absolute atomic E-state index is 0.0209.